The van der Waals surface area contributed by atoms with Crippen LogP contribution in [0.4, 0.5) is 16.4 Å². The number of nitrogens with zero attached hydrogens (tertiary/aromatic N) is 2. The fourth-order valence-corrected chi connectivity index (χ4v) is 1.88. The molecule has 0 aromatic carbocycles. The number of imidazole rings is 1. The topological polar surface area (TPSA) is 163 Å². The molecule has 0 radical (unpaired) electrons. The van der Waals surface area contributed by atoms with Gasteiger partial charge in [-0.15, -0.1) is 0 Å². The molecule has 1 aliphatic heterocycles. The number of anilines is 2. The molecule has 1 saturated heterocycles. The Morgan fingerprint density at radius 3 is 2.74 bits per heavy atom. The number of aliphatic hydroxyl groups excluding tert-OH is 3. The Morgan fingerprint density at radius 2 is 2.21 bits per heavy atom. The van der Waals surface area contributed by atoms with Gasteiger partial charge in [-0.25, -0.2) is 9.78 Å². The van der Waals surface area contributed by atoms with Crippen LogP contribution in [0.25, 0.3) is 0 Å². The van der Waals surface area contributed by atoms with Crippen LogP contribution in [0.3, 0.4) is 0 Å². The summed E-state index contributed by atoms with van der Waals surface area (Å²) in [6.45, 7) is -0.469. The number of nitrogens with two attached hydrogens (primary N) is 1. The number of nitrogens with one attached hydrogen (secondary N) is 1. The first-order valence-corrected chi connectivity index (χ1v) is 5.40. The zero-order chi connectivity index (χ0) is 14.2. The van der Waals surface area contributed by atoms with Gasteiger partial charge >= 0.3 is 6.09 Å². The molecule has 19 heavy (non-hydrogen) atoms. The van der Waals surface area contributed by atoms with Crippen molar-refractivity contribution >= 4 is 17.7 Å². The summed E-state index contributed by atoms with van der Waals surface area (Å²) in [6, 6.07) is 0. The average Bonchev–Trinajstić information content (AvgIpc) is 2.83. The highest BCUT2D eigenvalue weighted by Gasteiger charge is 2.44. The molecule has 1 aromatic rings. The van der Waals surface area contributed by atoms with Gasteiger partial charge in [0.2, 0.25) is 0 Å². The number of amides is 1. The smallest absolute Gasteiger partial charge is 0.410 e. The fourth-order valence-electron chi connectivity index (χ4n) is 1.88. The number of nitrogen functional groups attached to an aromatic ring is 1. The van der Waals surface area contributed by atoms with Crippen molar-refractivity contribution < 1.29 is 30.0 Å². The molecule has 0 saturated carbocycles. The monoisotopic (exact) mass is 274 g/mol. The van der Waals surface area contributed by atoms with Crippen LogP contribution in [0.15, 0.2) is 6.33 Å². The van der Waals surface area contributed by atoms with Crippen LogP contribution in [0, 0.1) is 0 Å². The number of hydrogen-bond donors (Lipinski definition) is 6. The minimum atomic E-state index is -1.34. The lowest BCUT2D eigenvalue weighted by Crippen LogP contribution is -2.33. The third-order valence-electron chi connectivity index (χ3n) is 2.85. The Bertz CT molecular complexity index is 477. The van der Waals surface area contributed by atoms with Crippen LogP contribution in [0.1, 0.15) is 6.23 Å². The average molecular weight is 274 g/mol. The maximum absolute atomic E-state index is 10.5. The number of carbonyl (C=O) groups is 1. The van der Waals surface area contributed by atoms with Crippen molar-refractivity contribution in [2.75, 3.05) is 17.7 Å². The van der Waals surface area contributed by atoms with E-state index in [1.807, 2.05) is 5.32 Å². The molecule has 1 amide bonds. The summed E-state index contributed by atoms with van der Waals surface area (Å²) >= 11 is 0. The third kappa shape index (κ3) is 2.33. The molecule has 0 bridgehead atoms. The predicted molar refractivity (Wildman–Crippen MR) is 61.3 cm³/mol. The summed E-state index contributed by atoms with van der Waals surface area (Å²) in [5.41, 5.74) is 5.67. The summed E-state index contributed by atoms with van der Waals surface area (Å²) in [4.78, 5) is 14.2. The lowest BCUT2D eigenvalue weighted by atomic mass is 10.1. The van der Waals surface area contributed by atoms with Crippen LogP contribution in [0.5, 0.6) is 0 Å². The highest BCUT2D eigenvalue weighted by molar-refractivity contribution is 5.84. The fraction of sp³-hybridized carbons (Fsp3) is 0.556. The molecular weight excluding hydrogens is 260 g/mol. The summed E-state index contributed by atoms with van der Waals surface area (Å²) in [6.07, 6.45) is -4.75. The summed E-state index contributed by atoms with van der Waals surface area (Å²) in [5.74, 6) is -0.178. The predicted octanol–water partition coefficient (Wildman–Crippen LogP) is -1.83. The maximum Gasteiger partial charge on any atom is 0.410 e. The van der Waals surface area contributed by atoms with Gasteiger partial charge in [-0.1, -0.05) is 0 Å². The van der Waals surface area contributed by atoms with Crippen LogP contribution >= 0.6 is 0 Å². The van der Waals surface area contributed by atoms with Crippen molar-refractivity contribution in [3.05, 3.63) is 6.33 Å². The van der Waals surface area contributed by atoms with E-state index in [2.05, 4.69) is 4.98 Å². The highest BCUT2D eigenvalue weighted by atomic mass is 16.6. The van der Waals surface area contributed by atoms with Gasteiger partial charge in [-0.2, -0.15) is 0 Å². The Hall–Kier alpha value is -1.88. The largest absolute Gasteiger partial charge is 0.465 e. The van der Waals surface area contributed by atoms with Crippen molar-refractivity contribution in [1.29, 1.82) is 0 Å². The van der Waals surface area contributed by atoms with Gasteiger partial charge in [-0.3, -0.25) is 9.88 Å². The quantitative estimate of drug-likeness (QED) is 0.374. The Labute approximate surface area is 107 Å². The van der Waals surface area contributed by atoms with E-state index in [0.29, 0.717) is 0 Å². The van der Waals surface area contributed by atoms with Gasteiger partial charge in [0.1, 0.15) is 24.6 Å². The summed E-state index contributed by atoms with van der Waals surface area (Å²) in [5, 5.41) is 38.9. The normalized spacial score (nSPS) is 30.5. The van der Waals surface area contributed by atoms with Crippen molar-refractivity contribution in [1.82, 2.24) is 9.55 Å². The van der Waals surface area contributed by atoms with Gasteiger partial charge in [0.05, 0.1) is 6.61 Å². The second kappa shape index (κ2) is 5.01. The zero-order valence-corrected chi connectivity index (χ0v) is 9.67. The zero-order valence-electron chi connectivity index (χ0n) is 9.67. The molecule has 4 atom stereocenters. The van der Waals surface area contributed by atoms with Crippen LogP contribution < -0.4 is 11.1 Å². The van der Waals surface area contributed by atoms with E-state index in [1.165, 1.54) is 10.9 Å². The van der Waals surface area contributed by atoms with Crippen LogP contribution in [-0.4, -0.2) is 61.0 Å². The Balaban J connectivity index is 2.23. The summed E-state index contributed by atoms with van der Waals surface area (Å²) < 4.78 is 6.41. The SMILES string of the molecule is Nc1c(NC(=O)O)ncn1C1OC(CO)C(O)C1O. The molecular formula is C9H14N4O6. The molecule has 1 fully saturated rings. The minimum Gasteiger partial charge on any atom is -0.465 e. The first-order valence-electron chi connectivity index (χ1n) is 5.40. The highest BCUT2D eigenvalue weighted by Crippen LogP contribution is 2.32. The molecule has 1 aliphatic rings. The Morgan fingerprint density at radius 1 is 1.53 bits per heavy atom. The third-order valence-corrected chi connectivity index (χ3v) is 2.85. The van der Waals surface area contributed by atoms with E-state index in [1.54, 1.807) is 0 Å². The van der Waals surface area contributed by atoms with Crippen LogP contribution in [0.2, 0.25) is 0 Å². The van der Waals surface area contributed by atoms with Crippen molar-refractivity contribution in [2.45, 2.75) is 24.5 Å². The molecule has 10 nitrogen and oxygen atoms in total. The van der Waals surface area contributed by atoms with Gasteiger partial charge in [0.25, 0.3) is 0 Å². The molecule has 4 unspecified atom stereocenters. The number of carboxylic acid groups (broad SMARTS) is 1. The molecule has 2 heterocycles. The molecule has 10 heteroatoms. The van der Waals surface area contributed by atoms with E-state index in [4.69, 9.17) is 20.7 Å². The van der Waals surface area contributed by atoms with E-state index in [-0.39, 0.29) is 11.6 Å². The van der Waals surface area contributed by atoms with Crippen molar-refractivity contribution in [3.63, 3.8) is 0 Å². The molecule has 1 aromatic heterocycles. The summed E-state index contributed by atoms with van der Waals surface area (Å²) in [7, 11) is 0. The standard InChI is InChI=1S/C9H14N4O6/c10-6-7(12-9(17)18)11-2-13(6)8-5(16)4(15)3(1-14)19-8/h2-5,8,12,14-16H,1,10H2,(H,17,18). The van der Waals surface area contributed by atoms with E-state index in [9.17, 15) is 15.0 Å². The van der Waals surface area contributed by atoms with Gasteiger partial charge < -0.3 is 30.9 Å². The lowest BCUT2D eigenvalue weighted by Gasteiger charge is -2.17. The van der Waals surface area contributed by atoms with Crippen molar-refractivity contribution in [3.8, 4) is 0 Å². The lowest BCUT2D eigenvalue weighted by molar-refractivity contribution is -0.0517. The number of hydrogen-bond acceptors (Lipinski definition) is 7. The van der Waals surface area contributed by atoms with E-state index < -0.39 is 37.2 Å². The molecule has 0 aliphatic carbocycles. The first-order chi connectivity index (χ1) is 8.95. The first kappa shape index (κ1) is 13.5. The van der Waals surface area contributed by atoms with Gasteiger partial charge in [0.15, 0.2) is 17.9 Å². The molecule has 0 spiro atoms. The van der Waals surface area contributed by atoms with Gasteiger partial charge in [-0.05, 0) is 0 Å². The minimum absolute atomic E-state index is 0.0720. The van der Waals surface area contributed by atoms with Gasteiger partial charge in [0, 0.05) is 0 Å². The molecule has 7 N–H and O–H groups in total. The number of aliphatic hydroxyl groups is 3. The number of ether oxygens (including phenoxy) is 1. The number of aromatic nitrogens is 2. The second-order valence-corrected chi connectivity index (χ2v) is 4.04. The maximum atomic E-state index is 10.5. The molecule has 2 rings (SSSR count). The number of rotatable bonds is 3. The van der Waals surface area contributed by atoms with E-state index in [0.717, 1.165) is 0 Å². The molecule has 106 valence electrons. The Kier molecular flexibility index (Phi) is 3.57. The van der Waals surface area contributed by atoms with E-state index >= 15 is 0 Å². The van der Waals surface area contributed by atoms with Crippen molar-refractivity contribution in [2.24, 2.45) is 0 Å². The second-order valence-electron chi connectivity index (χ2n) is 4.04. The van der Waals surface area contributed by atoms with Crippen LogP contribution in [-0.2, 0) is 4.74 Å².